The van der Waals surface area contributed by atoms with Crippen LogP contribution in [0.4, 0.5) is 11.4 Å². The van der Waals surface area contributed by atoms with Crippen molar-refractivity contribution in [2.75, 3.05) is 5.73 Å². The molecule has 0 fully saturated rings. The SMILES string of the molecule is CC(=O)c1cncc(N)c1[N+](=O)[O-]. The van der Waals surface area contributed by atoms with Gasteiger partial charge >= 0.3 is 5.69 Å². The van der Waals surface area contributed by atoms with Crippen molar-refractivity contribution in [1.29, 1.82) is 0 Å². The lowest BCUT2D eigenvalue weighted by atomic mass is 10.1. The number of carbonyl (C=O) groups is 1. The summed E-state index contributed by atoms with van der Waals surface area (Å²) < 4.78 is 0. The normalized spacial score (nSPS) is 9.62. The Morgan fingerprint density at radius 3 is 2.62 bits per heavy atom. The summed E-state index contributed by atoms with van der Waals surface area (Å²) in [6.45, 7) is 1.23. The molecule has 0 radical (unpaired) electrons. The van der Waals surface area contributed by atoms with Crippen molar-refractivity contribution in [3.8, 4) is 0 Å². The molecule has 0 unspecified atom stereocenters. The van der Waals surface area contributed by atoms with E-state index in [9.17, 15) is 14.9 Å². The Balaban J connectivity index is 3.43. The van der Waals surface area contributed by atoms with Crippen LogP contribution in [0.1, 0.15) is 17.3 Å². The van der Waals surface area contributed by atoms with Gasteiger partial charge in [0.2, 0.25) is 0 Å². The molecule has 0 aromatic carbocycles. The first-order valence-electron chi connectivity index (χ1n) is 3.43. The maximum Gasteiger partial charge on any atom is 0.305 e. The van der Waals surface area contributed by atoms with E-state index in [0.29, 0.717) is 0 Å². The molecule has 0 saturated heterocycles. The molecule has 0 saturated carbocycles. The fourth-order valence-electron chi connectivity index (χ4n) is 0.931. The van der Waals surface area contributed by atoms with Gasteiger partial charge in [-0.15, -0.1) is 0 Å². The highest BCUT2D eigenvalue weighted by molar-refractivity contribution is 5.99. The number of anilines is 1. The molecule has 0 aliphatic rings. The van der Waals surface area contributed by atoms with E-state index in [4.69, 9.17) is 5.73 Å². The van der Waals surface area contributed by atoms with Gasteiger partial charge in [0, 0.05) is 6.20 Å². The zero-order valence-electron chi connectivity index (χ0n) is 6.85. The second kappa shape index (κ2) is 3.18. The maximum atomic E-state index is 10.9. The van der Waals surface area contributed by atoms with E-state index >= 15 is 0 Å². The van der Waals surface area contributed by atoms with Gasteiger partial charge in [0.15, 0.2) is 5.78 Å². The Bertz CT molecular complexity index is 375. The number of hydrogen-bond donors (Lipinski definition) is 1. The highest BCUT2D eigenvalue weighted by atomic mass is 16.6. The fourth-order valence-corrected chi connectivity index (χ4v) is 0.931. The van der Waals surface area contributed by atoms with Crippen molar-refractivity contribution >= 4 is 17.2 Å². The summed E-state index contributed by atoms with van der Waals surface area (Å²) in [6, 6.07) is 0. The first kappa shape index (κ1) is 9.11. The number of rotatable bonds is 2. The second-order valence-corrected chi connectivity index (χ2v) is 2.44. The van der Waals surface area contributed by atoms with Gasteiger partial charge in [0.1, 0.15) is 11.3 Å². The molecule has 6 heteroatoms. The van der Waals surface area contributed by atoms with Crippen LogP contribution in [0.2, 0.25) is 0 Å². The van der Waals surface area contributed by atoms with Gasteiger partial charge in [0.05, 0.1) is 11.1 Å². The van der Waals surface area contributed by atoms with Crippen LogP contribution < -0.4 is 5.73 Å². The summed E-state index contributed by atoms with van der Waals surface area (Å²) in [7, 11) is 0. The Morgan fingerprint density at radius 2 is 2.23 bits per heavy atom. The van der Waals surface area contributed by atoms with E-state index in [1.54, 1.807) is 0 Å². The van der Waals surface area contributed by atoms with Crippen molar-refractivity contribution < 1.29 is 9.72 Å². The number of nitrogen functional groups attached to an aromatic ring is 1. The number of nitro groups is 1. The fraction of sp³-hybridized carbons (Fsp3) is 0.143. The van der Waals surface area contributed by atoms with Gasteiger partial charge in [-0.05, 0) is 6.92 Å². The molecule has 68 valence electrons. The van der Waals surface area contributed by atoms with Gasteiger partial charge in [0.25, 0.3) is 0 Å². The second-order valence-electron chi connectivity index (χ2n) is 2.44. The molecule has 2 N–H and O–H groups in total. The Hall–Kier alpha value is -1.98. The van der Waals surface area contributed by atoms with Crippen LogP contribution in [0.3, 0.4) is 0 Å². The molecule has 1 aromatic heterocycles. The molecule has 0 amide bonds. The minimum atomic E-state index is -0.687. The number of pyridine rings is 1. The van der Waals surface area contributed by atoms with Crippen LogP contribution in [-0.2, 0) is 0 Å². The molecule has 0 bridgehead atoms. The zero-order chi connectivity index (χ0) is 10.0. The summed E-state index contributed by atoms with van der Waals surface area (Å²) in [5, 5.41) is 10.5. The number of carbonyl (C=O) groups excluding carboxylic acids is 1. The largest absolute Gasteiger partial charge is 0.392 e. The first-order chi connectivity index (χ1) is 6.04. The van der Waals surface area contributed by atoms with Gasteiger partial charge in [-0.2, -0.15) is 0 Å². The number of aromatic nitrogens is 1. The molecule has 13 heavy (non-hydrogen) atoms. The third kappa shape index (κ3) is 1.61. The number of ketones is 1. The molecule has 0 spiro atoms. The lowest BCUT2D eigenvalue weighted by molar-refractivity contribution is -0.384. The lowest BCUT2D eigenvalue weighted by Crippen LogP contribution is -2.04. The van der Waals surface area contributed by atoms with Crippen LogP contribution in [0, 0.1) is 10.1 Å². The summed E-state index contributed by atoms with van der Waals surface area (Å²) >= 11 is 0. The van der Waals surface area contributed by atoms with E-state index in [1.807, 2.05) is 0 Å². The van der Waals surface area contributed by atoms with Gasteiger partial charge in [-0.3, -0.25) is 19.9 Å². The van der Waals surface area contributed by atoms with Crippen LogP contribution in [0.15, 0.2) is 12.4 Å². The van der Waals surface area contributed by atoms with Gasteiger partial charge in [-0.25, -0.2) is 0 Å². The van der Waals surface area contributed by atoms with E-state index < -0.39 is 10.7 Å². The van der Waals surface area contributed by atoms with Crippen molar-refractivity contribution in [2.45, 2.75) is 6.92 Å². The Labute approximate surface area is 73.5 Å². The predicted molar refractivity (Wildman–Crippen MR) is 45.3 cm³/mol. The number of Topliss-reactive ketones (excluding diaryl/α,β-unsaturated/α-hetero) is 1. The van der Waals surface area contributed by atoms with Crippen molar-refractivity contribution in [2.24, 2.45) is 0 Å². The molecule has 1 rings (SSSR count). The number of hydrogen-bond acceptors (Lipinski definition) is 5. The van der Waals surface area contributed by atoms with Crippen LogP contribution in [0.25, 0.3) is 0 Å². The minimum Gasteiger partial charge on any atom is -0.392 e. The summed E-state index contributed by atoms with van der Waals surface area (Å²) in [5.41, 5.74) is 4.77. The maximum absolute atomic E-state index is 10.9. The van der Waals surface area contributed by atoms with Crippen molar-refractivity contribution in [1.82, 2.24) is 4.98 Å². The van der Waals surface area contributed by atoms with E-state index in [0.717, 1.165) is 12.4 Å². The Morgan fingerprint density at radius 1 is 1.62 bits per heavy atom. The van der Waals surface area contributed by atoms with Gasteiger partial charge < -0.3 is 5.73 Å². The van der Waals surface area contributed by atoms with Gasteiger partial charge in [-0.1, -0.05) is 0 Å². The van der Waals surface area contributed by atoms with E-state index in [1.165, 1.54) is 6.92 Å². The van der Waals surface area contributed by atoms with Crippen LogP contribution in [0.5, 0.6) is 0 Å². The smallest absolute Gasteiger partial charge is 0.305 e. The topological polar surface area (TPSA) is 99.1 Å². The third-order valence-corrected chi connectivity index (χ3v) is 1.51. The standard InChI is InChI=1S/C7H7N3O3/c1-4(11)5-2-9-3-6(8)7(5)10(12)13/h2-3H,8H2,1H3. The Kier molecular flexibility index (Phi) is 2.23. The average molecular weight is 181 g/mol. The molecule has 0 aliphatic heterocycles. The highest BCUT2D eigenvalue weighted by Gasteiger charge is 2.20. The van der Waals surface area contributed by atoms with Crippen LogP contribution in [-0.4, -0.2) is 15.7 Å². The minimum absolute atomic E-state index is 0.0648. The highest BCUT2D eigenvalue weighted by Crippen LogP contribution is 2.24. The summed E-state index contributed by atoms with van der Waals surface area (Å²) in [6.07, 6.45) is 2.28. The lowest BCUT2D eigenvalue weighted by Gasteiger charge is -1.99. The quantitative estimate of drug-likeness (QED) is 0.412. The summed E-state index contributed by atoms with van der Waals surface area (Å²) in [4.78, 5) is 24.3. The van der Waals surface area contributed by atoms with E-state index in [2.05, 4.69) is 4.98 Å². The predicted octanol–water partition coefficient (Wildman–Crippen LogP) is 0.775. The van der Waals surface area contributed by atoms with Crippen molar-refractivity contribution in [3.05, 3.63) is 28.1 Å². The van der Waals surface area contributed by atoms with Crippen LogP contribution >= 0.6 is 0 Å². The monoisotopic (exact) mass is 181 g/mol. The molecule has 1 heterocycles. The first-order valence-corrected chi connectivity index (χ1v) is 3.43. The molecule has 0 atom stereocenters. The number of nitrogens with two attached hydrogens (primary N) is 1. The summed E-state index contributed by atoms with van der Waals surface area (Å²) in [5.74, 6) is -0.425. The number of nitrogens with zero attached hydrogens (tertiary/aromatic N) is 2. The molecular formula is C7H7N3O3. The molecule has 6 nitrogen and oxygen atoms in total. The molecule has 1 aromatic rings. The average Bonchev–Trinajstić information content (AvgIpc) is 2.02. The van der Waals surface area contributed by atoms with E-state index in [-0.39, 0.29) is 16.9 Å². The van der Waals surface area contributed by atoms with Crippen molar-refractivity contribution in [3.63, 3.8) is 0 Å². The zero-order valence-corrected chi connectivity index (χ0v) is 6.85. The molecular weight excluding hydrogens is 174 g/mol. The molecule has 0 aliphatic carbocycles. The third-order valence-electron chi connectivity index (χ3n) is 1.51.